The lowest BCUT2D eigenvalue weighted by Gasteiger charge is -2.15. The van der Waals surface area contributed by atoms with Gasteiger partial charge in [-0.05, 0) is 6.92 Å². The summed E-state index contributed by atoms with van der Waals surface area (Å²) in [5, 5.41) is 17.9. The Kier molecular flexibility index (Phi) is 4.32. The van der Waals surface area contributed by atoms with Gasteiger partial charge in [-0.2, -0.15) is 4.98 Å². The van der Waals surface area contributed by atoms with Crippen LogP contribution in [-0.2, 0) is 18.0 Å². The molecule has 0 saturated carbocycles. The molecule has 20 heavy (non-hydrogen) atoms. The molecule has 4 N–H and O–H groups in total. The van der Waals surface area contributed by atoms with Crippen LogP contribution in [-0.4, -0.2) is 48.6 Å². The van der Waals surface area contributed by atoms with E-state index in [1.165, 1.54) is 6.33 Å². The van der Waals surface area contributed by atoms with E-state index in [4.69, 9.17) is 20.7 Å². The normalized spacial score (nSPS) is 11.6. The fraction of sp³-hybridized carbons (Fsp3) is 0.545. The number of aliphatic hydroxyl groups excluding tert-OH is 2. The molecule has 0 spiro atoms. The van der Waals surface area contributed by atoms with Gasteiger partial charge in [0, 0.05) is 6.54 Å². The lowest BCUT2D eigenvalue weighted by atomic mass is 10.4. The number of anilines is 1. The fourth-order valence-electron chi connectivity index (χ4n) is 1.89. The van der Waals surface area contributed by atoms with Gasteiger partial charge in [0.05, 0.1) is 19.5 Å². The van der Waals surface area contributed by atoms with Gasteiger partial charge in [-0.15, -0.1) is 0 Å². The van der Waals surface area contributed by atoms with Crippen LogP contribution < -0.4 is 11.3 Å². The summed E-state index contributed by atoms with van der Waals surface area (Å²) < 4.78 is 8.54. The van der Waals surface area contributed by atoms with Crippen molar-refractivity contribution in [3.05, 3.63) is 16.7 Å². The van der Waals surface area contributed by atoms with E-state index in [-0.39, 0.29) is 31.4 Å². The molecule has 2 aromatic rings. The number of nitrogens with two attached hydrogens (primary N) is 1. The molecule has 110 valence electrons. The molecular formula is C11H17N5O4. The topological polar surface area (TPSA) is 128 Å². The molecule has 9 heteroatoms. The van der Waals surface area contributed by atoms with Crippen LogP contribution in [0.5, 0.6) is 0 Å². The highest BCUT2D eigenvalue weighted by atomic mass is 16.5. The Bertz CT molecular complexity index is 646. The number of nitrogen functional groups attached to an aromatic ring is 1. The first kappa shape index (κ1) is 14.4. The summed E-state index contributed by atoms with van der Waals surface area (Å²) in [7, 11) is 0. The van der Waals surface area contributed by atoms with Crippen molar-refractivity contribution in [2.45, 2.75) is 26.3 Å². The second-order valence-electron chi connectivity index (χ2n) is 4.19. The molecule has 0 aliphatic heterocycles. The quantitative estimate of drug-likeness (QED) is 0.589. The number of fused-ring (bicyclic) bond motifs is 1. The fourth-order valence-corrected chi connectivity index (χ4v) is 1.89. The van der Waals surface area contributed by atoms with Crippen molar-refractivity contribution in [3.63, 3.8) is 0 Å². The van der Waals surface area contributed by atoms with Gasteiger partial charge in [-0.1, -0.05) is 0 Å². The zero-order chi connectivity index (χ0) is 14.7. The van der Waals surface area contributed by atoms with Gasteiger partial charge in [0.15, 0.2) is 11.2 Å². The van der Waals surface area contributed by atoms with Gasteiger partial charge in [0.1, 0.15) is 12.8 Å². The maximum atomic E-state index is 11.7. The molecular weight excluding hydrogens is 266 g/mol. The minimum atomic E-state index is -0.687. The summed E-state index contributed by atoms with van der Waals surface area (Å²) in [5.74, 6) is 0.104. The minimum absolute atomic E-state index is 0.0329. The van der Waals surface area contributed by atoms with Crippen LogP contribution in [0.25, 0.3) is 11.2 Å². The summed E-state index contributed by atoms with van der Waals surface area (Å²) >= 11 is 0. The van der Waals surface area contributed by atoms with E-state index < -0.39 is 11.7 Å². The molecule has 0 amide bonds. The van der Waals surface area contributed by atoms with E-state index in [0.717, 1.165) is 0 Å². The molecule has 0 unspecified atom stereocenters. The number of hydrogen-bond donors (Lipinski definition) is 3. The molecule has 0 aliphatic carbocycles. The average molecular weight is 283 g/mol. The van der Waals surface area contributed by atoms with Gasteiger partial charge in [-0.3, -0.25) is 13.9 Å². The third-order valence-corrected chi connectivity index (χ3v) is 2.93. The molecule has 9 nitrogen and oxygen atoms in total. The highest BCUT2D eigenvalue weighted by Crippen LogP contribution is 2.12. The van der Waals surface area contributed by atoms with Gasteiger partial charge < -0.3 is 20.7 Å². The Balaban J connectivity index is 2.42. The first-order valence-corrected chi connectivity index (χ1v) is 6.16. The maximum absolute atomic E-state index is 11.7. The predicted molar refractivity (Wildman–Crippen MR) is 70.9 cm³/mol. The molecule has 0 atom stereocenters. The van der Waals surface area contributed by atoms with Crippen LogP contribution in [0, 0.1) is 0 Å². The predicted octanol–water partition coefficient (Wildman–Crippen LogP) is -1.48. The summed E-state index contributed by atoms with van der Waals surface area (Å²) in [6, 6.07) is 0. The van der Waals surface area contributed by atoms with Crippen LogP contribution in [0.4, 0.5) is 5.95 Å². The Labute approximate surface area is 114 Å². The second-order valence-corrected chi connectivity index (χ2v) is 4.19. The Morgan fingerprint density at radius 1 is 1.45 bits per heavy atom. The molecule has 2 heterocycles. The zero-order valence-corrected chi connectivity index (χ0v) is 11.1. The Hall–Kier alpha value is -1.97. The average Bonchev–Trinajstić information content (AvgIpc) is 2.85. The number of aryl methyl sites for hydroxylation is 1. The molecule has 2 aromatic heterocycles. The number of aliphatic hydroxyl groups is 2. The Morgan fingerprint density at radius 2 is 2.15 bits per heavy atom. The van der Waals surface area contributed by atoms with E-state index in [1.54, 1.807) is 9.13 Å². The number of imidazole rings is 1. The molecule has 0 aliphatic rings. The highest BCUT2D eigenvalue weighted by molar-refractivity contribution is 5.71. The van der Waals surface area contributed by atoms with E-state index >= 15 is 0 Å². The molecule has 0 bridgehead atoms. The monoisotopic (exact) mass is 283 g/mol. The zero-order valence-electron chi connectivity index (χ0n) is 11.1. The van der Waals surface area contributed by atoms with Gasteiger partial charge in [0.2, 0.25) is 5.95 Å². The lowest BCUT2D eigenvalue weighted by molar-refractivity contribution is -0.0489. The largest absolute Gasteiger partial charge is 0.394 e. The van der Waals surface area contributed by atoms with Gasteiger partial charge in [0.25, 0.3) is 0 Å². The summed E-state index contributed by atoms with van der Waals surface area (Å²) in [6.07, 6.45) is 0.749. The molecule has 2 rings (SSSR count). The van der Waals surface area contributed by atoms with Crippen molar-refractivity contribution in [2.75, 3.05) is 18.9 Å². The van der Waals surface area contributed by atoms with E-state index in [0.29, 0.717) is 12.2 Å². The summed E-state index contributed by atoms with van der Waals surface area (Å²) in [6.45, 7) is 1.82. The third-order valence-electron chi connectivity index (χ3n) is 2.93. The second kappa shape index (κ2) is 5.99. The number of hydrogen-bond acceptors (Lipinski definition) is 7. The third kappa shape index (κ3) is 2.50. The lowest BCUT2D eigenvalue weighted by Crippen LogP contribution is -2.24. The summed E-state index contributed by atoms with van der Waals surface area (Å²) in [4.78, 5) is 19.4. The van der Waals surface area contributed by atoms with Gasteiger partial charge in [-0.25, -0.2) is 4.98 Å². The van der Waals surface area contributed by atoms with Crippen molar-refractivity contribution in [1.82, 2.24) is 19.1 Å². The van der Waals surface area contributed by atoms with Crippen molar-refractivity contribution >= 4 is 17.1 Å². The van der Waals surface area contributed by atoms with Crippen LogP contribution in [0.1, 0.15) is 6.92 Å². The number of nitrogens with zero attached hydrogens (tertiary/aromatic N) is 4. The molecule has 0 radical (unpaired) electrons. The maximum Gasteiger partial charge on any atom is 0.302 e. The smallest absolute Gasteiger partial charge is 0.302 e. The van der Waals surface area contributed by atoms with Crippen molar-refractivity contribution in [3.8, 4) is 0 Å². The molecule has 0 aromatic carbocycles. The Morgan fingerprint density at radius 3 is 2.75 bits per heavy atom. The summed E-state index contributed by atoms with van der Waals surface area (Å²) in [5.41, 5.74) is 5.93. The minimum Gasteiger partial charge on any atom is -0.394 e. The van der Waals surface area contributed by atoms with E-state index in [1.807, 2.05) is 6.92 Å². The van der Waals surface area contributed by atoms with Gasteiger partial charge >= 0.3 is 5.56 Å². The van der Waals surface area contributed by atoms with Crippen LogP contribution in [0.3, 0.4) is 0 Å². The van der Waals surface area contributed by atoms with Crippen LogP contribution in [0.2, 0.25) is 0 Å². The number of rotatable bonds is 6. The van der Waals surface area contributed by atoms with E-state index in [9.17, 15) is 4.79 Å². The first-order valence-electron chi connectivity index (χ1n) is 6.16. The van der Waals surface area contributed by atoms with Crippen LogP contribution in [0.15, 0.2) is 11.1 Å². The van der Waals surface area contributed by atoms with E-state index in [2.05, 4.69) is 9.97 Å². The number of ether oxygens (including phenoxy) is 1. The van der Waals surface area contributed by atoms with Crippen molar-refractivity contribution in [1.29, 1.82) is 0 Å². The SMILES string of the molecule is CCn1c(N)nc(=O)c2ncn(COC(CO)CO)c21. The molecule has 0 saturated heterocycles. The standard InChI is InChI=1S/C11H17N5O4/c1-2-16-10-8(9(19)14-11(16)12)13-5-15(10)6-20-7(3-17)4-18/h5,7,17-18H,2-4,6H2,1H3,(H2,12,14,19). The van der Waals surface area contributed by atoms with Crippen LogP contribution >= 0.6 is 0 Å². The van der Waals surface area contributed by atoms with Crippen molar-refractivity contribution < 1.29 is 14.9 Å². The first-order chi connectivity index (χ1) is 9.62. The number of aromatic nitrogens is 4. The molecule has 0 fully saturated rings. The van der Waals surface area contributed by atoms with Crippen molar-refractivity contribution in [2.24, 2.45) is 0 Å². The highest BCUT2D eigenvalue weighted by Gasteiger charge is 2.14.